The van der Waals surface area contributed by atoms with Crippen LogP contribution >= 0.6 is 0 Å². The number of para-hydroxylation sites is 1. The lowest BCUT2D eigenvalue weighted by Gasteiger charge is -2.21. The van der Waals surface area contributed by atoms with E-state index in [9.17, 15) is 28.4 Å². The zero-order valence-corrected chi connectivity index (χ0v) is 33.6. The third-order valence-electron chi connectivity index (χ3n) is 10.5. The number of pyridine rings is 1. The van der Waals surface area contributed by atoms with Crippen LogP contribution in [0.15, 0.2) is 65.8 Å². The van der Waals surface area contributed by atoms with Crippen LogP contribution in [0.5, 0.6) is 5.75 Å². The molecule has 5 aromatic rings. The number of hydrogen-bond donors (Lipinski definition) is 4. The molecule has 310 valence electrons. The smallest absolute Gasteiger partial charge is 0.329 e. The molecule has 1 atom stereocenters. The number of unbranched alkanes of at least 4 members (excludes halogenated alkanes) is 8. The van der Waals surface area contributed by atoms with Crippen LogP contribution in [0.1, 0.15) is 99.0 Å². The van der Waals surface area contributed by atoms with Gasteiger partial charge in [0.25, 0.3) is 5.91 Å². The predicted octanol–water partition coefficient (Wildman–Crippen LogP) is 6.50. The molecule has 0 saturated carbocycles. The van der Waals surface area contributed by atoms with Gasteiger partial charge in [0.1, 0.15) is 11.9 Å². The van der Waals surface area contributed by atoms with E-state index in [2.05, 4.69) is 36.2 Å². The van der Waals surface area contributed by atoms with E-state index in [4.69, 9.17) is 4.74 Å². The molecule has 16 heteroatoms. The second kappa shape index (κ2) is 19.8. The molecule has 1 unspecified atom stereocenters. The standard InChI is InChI=1S/C43H50FN9O6/c1-45-41(56)30-26-46-36(23-32(30)49-31-16-13-15-29(39(31)59-3)40-47-24-28(44)25-48-40)50-37(54)17-12-10-8-6-4-5-7-9-11-14-27-18-19-33-35(22-27)52(2)43(58)53(33)34-20-21-38(55)51-42(34)57/h13,15-16,18-19,22-26,34H,4-12,14,17,20-21H2,1-3H3,(H,45,56)(H,51,55,57)(H2,46,49,50,54). The average Bonchev–Trinajstić information content (AvgIpc) is 3.47. The van der Waals surface area contributed by atoms with Crippen LogP contribution in [0.3, 0.4) is 0 Å². The molecule has 4 amide bonds. The quantitative estimate of drug-likeness (QED) is 0.0529. The Hall–Kier alpha value is -6.45. The second-order valence-electron chi connectivity index (χ2n) is 14.7. The Morgan fingerprint density at radius 3 is 2.29 bits per heavy atom. The van der Waals surface area contributed by atoms with Crippen LogP contribution in [0.2, 0.25) is 0 Å². The molecule has 1 saturated heterocycles. The van der Waals surface area contributed by atoms with Gasteiger partial charge in [0, 0.05) is 39.2 Å². The highest BCUT2D eigenvalue weighted by atomic mass is 19.1. The fraction of sp³-hybridized carbons (Fsp3) is 0.395. The summed E-state index contributed by atoms with van der Waals surface area (Å²) in [6, 6.07) is 12.1. The van der Waals surface area contributed by atoms with Crippen molar-refractivity contribution in [3.8, 4) is 17.1 Å². The maximum absolute atomic E-state index is 13.5. The molecular formula is C43H50FN9O6. The van der Waals surface area contributed by atoms with Gasteiger partial charge in [-0.2, -0.15) is 0 Å². The van der Waals surface area contributed by atoms with Gasteiger partial charge in [0.15, 0.2) is 17.4 Å². The summed E-state index contributed by atoms with van der Waals surface area (Å²) in [6.07, 6.45) is 14.7. The summed E-state index contributed by atoms with van der Waals surface area (Å²) in [5, 5.41) is 11.0. The lowest BCUT2D eigenvalue weighted by atomic mass is 10.0. The van der Waals surface area contributed by atoms with Gasteiger partial charge in [-0.1, -0.05) is 57.1 Å². The van der Waals surface area contributed by atoms with Crippen molar-refractivity contribution >= 4 is 51.9 Å². The molecule has 3 aromatic heterocycles. The summed E-state index contributed by atoms with van der Waals surface area (Å²) < 4.78 is 22.2. The van der Waals surface area contributed by atoms with E-state index in [1.165, 1.54) is 24.9 Å². The summed E-state index contributed by atoms with van der Waals surface area (Å²) in [7, 11) is 4.71. The molecule has 6 rings (SSSR count). The number of carbonyl (C=O) groups excluding carboxylic acids is 4. The third-order valence-corrected chi connectivity index (χ3v) is 10.5. The van der Waals surface area contributed by atoms with Crippen molar-refractivity contribution in [2.45, 2.75) is 89.5 Å². The zero-order chi connectivity index (χ0) is 41.9. The Kier molecular flexibility index (Phi) is 14.2. The molecule has 2 aromatic carbocycles. The summed E-state index contributed by atoms with van der Waals surface area (Å²) in [6.45, 7) is 0. The van der Waals surface area contributed by atoms with Crippen molar-refractivity contribution in [3.63, 3.8) is 0 Å². The van der Waals surface area contributed by atoms with Gasteiger partial charge < -0.3 is 20.7 Å². The minimum atomic E-state index is -0.687. The SMILES string of the molecule is CNC(=O)c1cnc(NC(=O)CCCCCCCCCCCc2ccc3c(c2)n(C)c(=O)n3C2CCC(=O)NC2=O)cc1Nc1cccc(-c2ncc(F)cn2)c1OC. The lowest BCUT2D eigenvalue weighted by Crippen LogP contribution is -2.44. The number of anilines is 3. The number of aromatic nitrogens is 5. The highest BCUT2D eigenvalue weighted by Gasteiger charge is 2.31. The molecule has 0 bridgehead atoms. The first-order chi connectivity index (χ1) is 28.6. The van der Waals surface area contributed by atoms with Crippen molar-refractivity contribution in [2.24, 2.45) is 7.05 Å². The van der Waals surface area contributed by atoms with Crippen molar-refractivity contribution in [1.82, 2.24) is 34.7 Å². The van der Waals surface area contributed by atoms with Gasteiger partial charge in [-0.25, -0.2) is 24.1 Å². The molecule has 0 radical (unpaired) electrons. The van der Waals surface area contributed by atoms with E-state index in [0.29, 0.717) is 41.0 Å². The summed E-state index contributed by atoms with van der Waals surface area (Å²) in [5.74, 6) is -0.912. The van der Waals surface area contributed by atoms with Crippen LogP contribution in [0.25, 0.3) is 22.4 Å². The van der Waals surface area contributed by atoms with E-state index >= 15 is 0 Å². The molecule has 0 spiro atoms. The number of ether oxygens (including phenoxy) is 1. The van der Waals surface area contributed by atoms with E-state index in [-0.39, 0.29) is 47.0 Å². The average molecular weight is 808 g/mol. The van der Waals surface area contributed by atoms with Crippen molar-refractivity contribution in [3.05, 3.63) is 88.5 Å². The van der Waals surface area contributed by atoms with E-state index in [1.807, 2.05) is 18.2 Å². The van der Waals surface area contributed by atoms with Crippen LogP contribution in [-0.4, -0.2) is 61.9 Å². The molecule has 0 aliphatic carbocycles. The van der Waals surface area contributed by atoms with Crippen LogP contribution in [0, 0.1) is 5.82 Å². The van der Waals surface area contributed by atoms with Gasteiger partial charge in [0.05, 0.1) is 53.0 Å². The highest BCUT2D eigenvalue weighted by molar-refractivity contribution is 6.02. The Balaban J connectivity index is 0.903. The van der Waals surface area contributed by atoms with Gasteiger partial charge in [-0.15, -0.1) is 0 Å². The maximum Gasteiger partial charge on any atom is 0.329 e. The molecular weight excluding hydrogens is 758 g/mol. The Bertz CT molecular complexity index is 2380. The number of hydrogen-bond acceptors (Lipinski definition) is 10. The van der Waals surface area contributed by atoms with E-state index < -0.39 is 17.8 Å². The van der Waals surface area contributed by atoms with Crippen molar-refractivity contribution in [2.75, 3.05) is 24.8 Å². The Labute approximate surface area is 341 Å². The fourth-order valence-electron chi connectivity index (χ4n) is 7.42. The monoisotopic (exact) mass is 807 g/mol. The number of nitrogens with one attached hydrogen (secondary N) is 4. The molecule has 15 nitrogen and oxygen atoms in total. The molecule has 59 heavy (non-hydrogen) atoms. The van der Waals surface area contributed by atoms with Crippen molar-refractivity contribution in [1.29, 1.82) is 0 Å². The topological polar surface area (TPSA) is 191 Å². The normalized spacial score (nSPS) is 13.9. The van der Waals surface area contributed by atoms with Crippen molar-refractivity contribution < 1.29 is 28.3 Å². The molecule has 1 aliphatic heterocycles. The van der Waals surface area contributed by atoms with Gasteiger partial charge in [-0.3, -0.25) is 33.6 Å². The minimum absolute atomic E-state index is 0.169. The number of imidazole rings is 1. The number of methoxy groups -OCH3 is 1. The summed E-state index contributed by atoms with van der Waals surface area (Å²) >= 11 is 0. The first-order valence-electron chi connectivity index (χ1n) is 20.1. The van der Waals surface area contributed by atoms with Crippen LogP contribution in [0.4, 0.5) is 21.6 Å². The molecule has 4 heterocycles. The Morgan fingerprint density at radius 1 is 0.881 bits per heavy atom. The van der Waals surface area contributed by atoms with Crippen LogP contribution < -0.4 is 31.7 Å². The number of fused-ring (bicyclic) bond motifs is 1. The van der Waals surface area contributed by atoms with Gasteiger partial charge in [0.2, 0.25) is 17.7 Å². The number of halogens is 1. The minimum Gasteiger partial charge on any atom is -0.494 e. The number of piperidine rings is 1. The fourth-order valence-corrected chi connectivity index (χ4v) is 7.42. The zero-order valence-electron chi connectivity index (χ0n) is 33.6. The van der Waals surface area contributed by atoms with Crippen LogP contribution in [-0.2, 0) is 27.9 Å². The second-order valence-corrected chi connectivity index (χ2v) is 14.7. The number of imide groups is 1. The third kappa shape index (κ3) is 10.4. The lowest BCUT2D eigenvalue weighted by molar-refractivity contribution is -0.135. The van der Waals surface area contributed by atoms with Gasteiger partial charge in [-0.05, 0) is 55.5 Å². The molecule has 4 N–H and O–H groups in total. The number of carbonyl (C=O) groups is 4. The number of amides is 4. The summed E-state index contributed by atoms with van der Waals surface area (Å²) in [5.41, 5.74) is 4.02. The molecule has 1 aliphatic rings. The largest absolute Gasteiger partial charge is 0.494 e. The van der Waals surface area contributed by atoms with Gasteiger partial charge >= 0.3 is 5.69 Å². The number of nitrogens with zero attached hydrogens (tertiary/aromatic N) is 5. The van der Waals surface area contributed by atoms with E-state index in [1.54, 1.807) is 35.9 Å². The molecule has 1 fully saturated rings. The Morgan fingerprint density at radius 2 is 1.59 bits per heavy atom. The van der Waals surface area contributed by atoms with E-state index in [0.717, 1.165) is 87.7 Å². The number of aryl methyl sites for hydroxylation is 2. The highest BCUT2D eigenvalue weighted by Crippen LogP contribution is 2.37. The summed E-state index contributed by atoms with van der Waals surface area (Å²) in [4.78, 5) is 75.1. The first-order valence-corrected chi connectivity index (χ1v) is 20.1. The number of benzene rings is 2. The predicted molar refractivity (Wildman–Crippen MR) is 222 cm³/mol. The maximum atomic E-state index is 13.5. The number of rotatable bonds is 19. The first kappa shape index (κ1) is 42.2.